The summed E-state index contributed by atoms with van der Waals surface area (Å²) in [4.78, 5) is 11.0. The third-order valence-electron chi connectivity index (χ3n) is 3.68. The number of aromatic nitrogens is 1. The molecule has 1 aliphatic rings. The quantitative estimate of drug-likeness (QED) is 0.599. The molecule has 0 saturated carbocycles. The summed E-state index contributed by atoms with van der Waals surface area (Å²) >= 11 is 0. The van der Waals surface area contributed by atoms with E-state index in [1.807, 2.05) is 18.2 Å². The molecule has 1 unspecified atom stereocenters. The zero-order chi connectivity index (χ0) is 15.6. The smallest absolute Gasteiger partial charge is 0.191 e. The van der Waals surface area contributed by atoms with Gasteiger partial charge in [-0.05, 0) is 18.1 Å². The van der Waals surface area contributed by atoms with Crippen molar-refractivity contribution in [2.24, 2.45) is 10.9 Å². The van der Waals surface area contributed by atoms with Crippen molar-refractivity contribution < 1.29 is 4.74 Å². The van der Waals surface area contributed by atoms with Gasteiger partial charge in [0.15, 0.2) is 5.96 Å². The Morgan fingerprint density at radius 1 is 1.36 bits per heavy atom. The number of aliphatic imine (C=N–C) groups is 1. The Balaban J connectivity index is 1.67. The van der Waals surface area contributed by atoms with E-state index in [4.69, 9.17) is 4.74 Å². The molecule has 1 saturated heterocycles. The highest BCUT2D eigenvalue weighted by Gasteiger charge is 2.13. The molecule has 2 N–H and O–H groups in total. The van der Waals surface area contributed by atoms with Crippen molar-refractivity contribution in [2.45, 2.75) is 13.5 Å². The van der Waals surface area contributed by atoms with Crippen LogP contribution in [-0.2, 0) is 11.3 Å². The average Bonchev–Trinajstić information content (AvgIpc) is 2.57. The van der Waals surface area contributed by atoms with Crippen LogP contribution in [0.5, 0.6) is 0 Å². The monoisotopic (exact) mass is 305 g/mol. The molecule has 1 aromatic heterocycles. The van der Waals surface area contributed by atoms with E-state index < -0.39 is 0 Å². The maximum atomic E-state index is 5.38. The minimum absolute atomic E-state index is 0.562. The molecule has 0 aliphatic carbocycles. The van der Waals surface area contributed by atoms with Crippen molar-refractivity contribution in [1.29, 1.82) is 0 Å². The molecule has 0 radical (unpaired) electrons. The number of hydrogen-bond donors (Lipinski definition) is 2. The Labute approximate surface area is 133 Å². The van der Waals surface area contributed by atoms with E-state index in [1.54, 1.807) is 13.2 Å². The lowest BCUT2D eigenvalue weighted by molar-refractivity contribution is 0.0320. The summed E-state index contributed by atoms with van der Waals surface area (Å²) in [7, 11) is 1.79. The topological polar surface area (TPSA) is 61.8 Å². The number of rotatable bonds is 6. The lowest BCUT2D eigenvalue weighted by atomic mass is 10.1. The molecule has 0 amide bonds. The maximum Gasteiger partial charge on any atom is 0.191 e. The first kappa shape index (κ1) is 16.7. The molecular weight excluding hydrogens is 278 g/mol. The molecule has 1 aromatic rings. The molecule has 0 aromatic carbocycles. The van der Waals surface area contributed by atoms with E-state index >= 15 is 0 Å². The highest BCUT2D eigenvalue weighted by atomic mass is 16.5. The molecule has 2 rings (SSSR count). The van der Waals surface area contributed by atoms with Crippen LogP contribution in [0.4, 0.5) is 0 Å². The van der Waals surface area contributed by atoms with Crippen molar-refractivity contribution in [1.82, 2.24) is 20.5 Å². The third kappa shape index (κ3) is 5.99. The van der Waals surface area contributed by atoms with Crippen molar-refractivity contribution >= 4 is 5.96 Å². The van der Waals surface area contributed by atoms with Gasteiger partial charge >= 0.3 is 0 Å². The number of guanidine groups is 1. The van der Waals surface area contributed by atoms with Gasteiger partial charge in [0.1, 0.15) is 0 Å². The molecule has 0 bridgehead atoms. The van der Waals surface area contributed by atoms with Crippen LogP contribution in [0.15, 0.2) is 29.4 Å². The Morgan fingerprint density at radius 3 is 2.86 bits per heavy atom. The molecule has 22 heavy (non-hydrogen) atoms. The molecule has 1 atom stereocenters. The summed E-state index contributed by atoms with van der Waals surface area (Å²) in [5.41, 5.74) is 1.01. The number of nitrogens with zero attached hydrogens (tertiary/aromatic N) is 3. The van der Waals surface area contributed by atoms with Gasteiger partial charge in [-0.15, -0.1) is 0 Å². The number of morpholine rings is 1. The summed E-state index contributed by atoms with van der Waals surface area (Å²) in [6.07, 6.45) is 1.80. The van der Waals surface area contributed by atoms with Crippen LogP contribution in [0.3, 0.4) is 0 Å². The van der Waals surface area contributed by atoms with Crippen LogP contribution in [0.1, 0.15) is 12.6 Å². The first-order chi connectivity index (χ1) is 10.8. The second-order valence-corrected chi connectivity index (χ2v) is 5.65. The van der Waals surface area contributed by atoms with Gasteiger partial charge in [0, 0.05) is 39.4 Å². The summed E-state index contributed by atoms with van der Waals surface area (Å²) < 4.78 is 5.38. The van der Waals surface area contributed by atoms with Crippen LogP contribution < -0.4 is 10.6 Å². The molecule has 2 heterocycles. The summed E-state index contributed by atoms with van der Waals surface area (Å²) in [5, 5.41) is 6.67. The highest BCUT2D eigenvalue weighted by Crippen LogP contribution is 2.02. The molecule has 6 nitrogen and oxygen atoms in total. The molecule has 0 spiro atoms. The zero-order valence-corrected chi connectivity index (χ0v) is 13.6. The molecule has 1 fully saturated rings. The van der Waals surface area contributed by atoms with Gasteiger partial charge in [0.25, 0.3) is 0 Å². The maximum absolute atomic E-state index is 5.38. The van der Waals surface area contributed by atoms with E-state index in [-0.39, 0.29) is 0 Å². The van der Waals surface area contributed by atoms with Gasteiger partial charge in [-0.1, -0.05) is 13.0 Å². The summed E-state index contributed by atoms with van der Waals surface area (Å²) in [5.74, 6) is 1.38. The number of nitrogens with one attached hydrogen (secondary N) is 2. The van der Waals surface area contributed by atoms with Gasteiger partial charge in [-0.25, -0.2) is 0 Å². The van der Waals surface area contributed by atoms with Crippen molar-refractivity contribution in [2.75, 3.05) is 46.4 Å². The second kappa shape index (κ2) is 9.38. The van der Waals surface area contributed by atoms with Crippen molar-refractivity contribution in [3.63, 3.8) is 0 Å². The SMILES string of the molecule is CN=C(NCc1ccccn1)NCC(C)CN1CCOCC1. The van der Waals surface area contributed by atoms with Gasteiger partial charge in [0.05, 0.1) is 25.5 Å². The predicted molar refractivity (Wildman–Crippen MR) is 88.9 cm³/mol. The molecule has 122 valence electrons. The van der Waals surface area contributed by atoms with Crippen molar-refractivity contribution in [3.8, 4) is 0 Å². The lowest BCUT2D eigenvalue weighted by Gasteiger charge is -2.29. The highest BCUT2D eigenvalue weighted by molar-refractivity contribution is 5.79. The number of pyridine rings is 1. The minimum Gasteiger partial charge on any atom is -0.379 e. The largest absolute Gasteiger partial charge is 0.379 e. The van der Waals surface area contributed by atoms with Gasteiger partial charge in [-0.2, -0.15) is 0 Å². The van der Waals surface area contributed by atoms with E-state index in [2.05, 4.69) is 32.4 Å². The Morgan fingerprint density at radius 2 is 2.18 bits per heavy atom. The van der Waals surface area contributed by atoms with Crippen LogP contribution in [0.25, 0.3) is 0 Å². The van der Waals surface area contributed by atoms with Crippen LogP contribution in [-0.4, -0.2) is 62.3 Å². The van der Waals surface area contributed by atoms with E-state index in [1.165, 1.54) is 0 Å². The fraction of sp³-hybridized carbons (Fsp3) is 0.625. The second-order valence-electron chi connectivity index (χ2n) is 5.65. The predicted octanol–water partition coefficient (Wildman–Crippen LogP) is 0.715. The lowest BCUT2D eigenvalue weighted by Crippen LogP contribution is -2.43. The zero-order valence-electron chi connectivity index (χ0n) is 13.6. The Kier molecular flexibility index (Phi) is 7.12. The van der Waals surface area contributed by atoms with Gasteiger partial charge in [-0.3, -0.25) is 14.9 Å². The fourth-order valence-electron chi connectivity index (χ4n) is 2.46. The third-order valence-corrected chi connectivity index (χ3v) is 3.68. The van der Waals surface area contributed by atoms with Crippen molar-refractivity contribution in [3.05, 3.63) is 30.1 Å². The van der Waals surface area contributed by atoms with Crippen LogP contribution >= 0.6 is 0 Å². The Hall–Kier alpha value is -1.66. The van der Waals surface area contributed by atoms with Gasteiger partial charge < -0.3 is 15.4 Å². The van der Waals surface area contributed by atoms with E-state index in [0.717, 1.165) is 51.0 Å². The summed E-state index contributed by atoms with van der Waals surface area (Å²) in [6, 6.07) is 5.91. The normalized spacial score (nSPS) is 18.0. The van der Waals surface area contributed by atoms with Crippen LogP contribution in [0.2, 0.25) is 0 Å². The minimum atomic E-state index is 0.562. The summed E-state index contributed by atoms with van der Waals surface area (Å²) in [6.45, 7) is 8.72. The Bertz CT molecular complexity index is 445. The average molecular weight is 305 g/mol. The van der Waals surface area contributed by atoms with Crippen LogP contribution in [0, 0.1) is 5.92 Å². The fourth-order valence-corrected chi connectivity index (χ4v) is 2.46. The van der Waals surface area contributed by atoms with E-state index in [0.29, 0.717) is 12.5 Å². The number of hydrogen-bond acceptors (Lipinski definition) is 4. The molecule has 1 aliphatic heterocycles. The first-order valence-corrected chi connectivity index (χ1v) is 7.92. The molecular formula is C16H27N5O. The van der Waals surface area contributed by atoms with Gasteiger partial charge in [0.2, 0.25) is 0 Å². The number of ether oxygens (including phenoxy) is 1. The molecule has 6 heteroatoms. The standard InChI is InChI=1S/C16H27N5O/c1-14(13-21-7-9-22-10-8-21)11-19-16(17-2)20-12-15-5-3-4-6-18-15/h3-6,14H,7-13H2,1-2H3,(H2,17,19,20). The van der Waals surface area contributed by atoms with E-state index in [9.17, 15) is 0 Å². The first-order valence-electron chi connectivity index (χ1n) is 7.92.